The quantitative estimate of drug-likeness (QED) is 0.753. The van der Waals surface area contributed by atoms with Crippen molar-refractivity contribution in [1.29, 1.82) is 0 Å². The van der Waals surface area contributed by atoms with Crippen LogP contribution >= 0.6 is 11.3 Å². The summed E-state index contributed by atoms with van der Waals surface area (Å²) in [5.41, 5.74) is -0.0407. The van der Waals surface area contributed by atoms with Crippen molar-refractivity contribution < 1.29 is 9.59 Å². The number of rotatable bonds is 7. The first-order chi connectivity index (χ1) is 10.1. The summed E-state index contributed by atoms with van der Waals surface area (Å²) in [4.78, 5) is 24.4. The summed E-state index contributed by atoms with van der Waals surface area (Å²) < 4.78 is 0. The minimum absolute atomic E-state index is 0.0413. The molecule has 22 heavy (non-hydrogen) atoms. The van der Waals surface area contributed by atoms with Crippen molar-refractivity contribution in [3.8, 4) is 0 Å². The molecule has 0 saturated carbocycles. The van der Waals surface area contributed by atoms with Gasteiger partial charge in [0.25, 0.3) is 5.91 Å². The van der Waals surface area contributed by atoms with E-state index in [2.05, 4.69) is 45.3 Å². The summed E-state index contributed by atoms with van der Waals surface area (Å²) >= 11 is 1.42. The van der Waals surface area contributed by atoms with E-state index in [9.17, 15) is 9.59 Å². The summed E-state index contributed by atoms with van der Waals surface area (Å²) in [7, 11) is 0. The van der Waals surface area contributed by atoms with E-state index < -0.39 is 0 Å². The Hall–Kier alpha value is -1.36. The third-order valence-corrected chi connectivity index (χ3v) is 3.93. The fourth-order valence-corrected chi connectivity index (χ4v) is 3.40. The number of hydrogen-bond acceptors (Lipinski definition) is 3. The molecular formula is C17H28N2O2S. The van der Waals surface area contributed by atoms with Gasteiger partial charge in [-0.05, 0) is 43.6 Å². The second kappa shape index (κ2) is 7.77. The fourth-order valence-electron chi connectivity index (χ4n) is 2.76. The highest BCUT2D eigenvalue weighted by atomic mass is 32.1. The Labute approximate surface area is 137 Å². The molecule has 1 aromatic rings. The average molecular weight is 324 g/mol. The van der Waals surface area contributed by atoms with Crippen LogP contribution in [0.1, 0.15) is 63.6 Å². The Kier molecular flexibility index (Phi) is 6.60. The molecule has 1 rings (SSSR count). The van der Waals surface area contributed by atoms with E-state index in [0.29, 0.717) is 24.3 Å². The molecule has 0 aliphatic rings. The molecule has 0 radical (unpaired) electrons. The number of nitrogens with one attached hydrogen (secondary N) is 2. The predicted molar refractivity (Wildman–Crippen MR) is 92.2 cm³/mol. The van der Waals surface area contributed by atoms with Gasteiger partial charge in [-0.25, -0.2) is 0 Å². The molecular weight excluding hydrogens is 296 g/mol. The Morgan fingerprint density at radius 1 is 1.18 bits per heavy atom. The van der Waals surface area contributed by atoms with Gasteiger partial charge in [0.15, 0.2) is 0 Å². The number of thiophene rings is 1. The lowest BCUT2D eigenvalue weighted by Gasteiger charge is -2.33. The van der Waals surface area contributed by atoms with Gasteiger partial charge in [-0.3, -0.25) is 9.59 Å². The van der Waals surface area contributed by atoms with Crippen LogP contribution in [-0.4, -0.2) is 23.9 Å². The minimum Gasteiger partial charge on any atom is -0.351 e. The van der Waals surface area contributed by atoms with Crippen LogP contribution in [0.2, 0.25) is 0 Å². The summed E-state index contributed by atoms with van der Waals surface area (Å²) in [6.45, 7) is 11.1. The maximum atomic E-state index is 12.0. The predicted octanol–water partition coefficient (Wildman–Crippen LogP) is 3.59. The molecule has 2 amide bonds. The van der Waals surface area contributed by atoms with Gasteiger partial charge in [-0.15, -0.1) is 11.3 Å². The van der Waals surface area contributed by atoms with Crippen LogP contribution in [0.4, 0.5) is 0 Å². The summed E-state index contributed by atoms with van der Waals surface area (Å²) in [5.74, 6) is -0.0249. The van der Waals surface area contributed by atoms with Gasteiger partial charge in [-0.2, -0.15) is 0 Å². The van der Waals surface area contributed by atoms with Crippen LogP contribution < -0.4 is 10.6 Å². The number of carbonyl (C=O) groups is 2. The van der Waals surface area contributed by atoms with Crippen LogP contribution in [-0.2, 0) is 4.79 Å². The van der Waals surface area contributed by atoms with E-state index >= 15 is 0 Å². The van der Waals surface area contributed by atoms with E-state index in [0.717, 1.165) is 6.42 Å². The molecule has 0 fully saturated rings. The zero-order valence-electron chi connectivity index (χ0n) is 14.3. The van der Waals surface area contributed by atoms with Gasteiger partial charge in [0.2, 0.25) is 5.91 Å². The molecule has 0 aliphatic heterocycles. The maximum Gasteiger partial charge on any atom is 0.261 e. The van der Waals surface area contributed by atoms with Crippen molar-refractivity contribution >= 4 is 23.2 Å². The lowest BCUT2D eigenvalue weighted by Crippen LogP contribution is -2.45. The molecule has 2 N–H and O–H groups in total. The van der Waals surface area contributed by atoms with E-state index in [1.165, 1.54) is 11.3 Å². The van der Waals surface area contributed by atoms with E-state index in [1.807, 2.05) is 11.4 Å². The highest BCUT2D eigenvalue weighted by molar-refractivity contribution is 7.12. The molecule has 0 saturated heterocycles. The summed E-state index contributed by atoms with van der Waals surface area (Å²) in [6.07, 6.45) is 1.99. The van der Waals surface area contributed by atoms with Gasteiger partial charge in [0, 0.05) is 18.5 Å². The molecule has 0 spiro atoms. The van der Waals surface area contributed by atoms with Crippen molar-refractivity contribution in [2.24, 2.45) is 5.41 Å². The van der Waals surface area contributed by atoms with E-state index in [-0.39, 0.29) is 22.8 Å². The lowest BCUT2D eigenvalue weighted by molar-refractivity contribution is -0.123. The Balaban J connectivity index is 2.24. The Morgan fingerprint density at radius 2 is 1.86 bits per heavy atom. The van der Waals surface area contributed by atoms with Crippen molar-refractivity contribution in [3.63, 3.8) is 0 Å². The number of carbonyl (C=O) groups excluding carboxylic acids is 2. The van der Waals surface area contributed by atoms with Gasteiger partial charge in [0.1, 0.15) is 0 Å². The van der Waals surface area contributed by atoms with Crippen molar-refractivity contribution in [3.05, 3.63) is 22.4 Å². The van der Waals surface area contributed by atoms with Crippen LogP contribution in [0.3, 0.4) is 0 Å². The number of hydrogen-bond donors (Lipinski definition) is 2. The van der Waals surface area contributed by atoms with E-state index in [4.69, 9.17) is 0 Å². The average Bonchev–Trinajstić information content (AvgIpc) is 2.84. The standard InChI is InChI=1S/C17H28N2O2S/c1-16(2,3)12-17(4,5)19-14(20)9-6-10-18-15(21)13-8-7-11-22-13/h7-8,11H,6,9-10,12H2,1-5H3,(H,18,21)(H,19,20). The fraction of sp³-hybridized carbons (Fsp3) is 0.647. The largest absolute Gasteiger partial charge is 0.351 e. The summed E-state index contributed by atoms with van der Waals surface area (Å²) in [5, 5.41) is 7.79. The third-order valence-electron chi connectivity index (χ3n) is 3.06. The van der Waals surface area contributed by atoms with Gasteiger partial charge in [0.05, 0.1) is 4.88 Å². The van der Waals surface area contributed by atoms with Crippen LogP contribution in [0.15, 0.2) is 17.5 Å². The monoisotopic (exact) mass is 324 g/mol. The zero-order chi connectivity index (χ0) is 16.8. The first-order valence-corrected chi connectivity index (χ1v) is 8.60. The molecule has 0 atom stereocenters. The molecule has 4 nitrogen and oxygen atoms in total. The van der Waals surface area contributed by atoms with Crippen molar-refractivity contribution in [1.82, 2.24) is 10.6 Å². The first-order valence-electron chi connectivity index (χ1n) is 7.72. The Morgan fingerprint density at radius 3 is 2.41 bits per heavy atom. The molecule has 0 aromatic carbocycles. The van der Waals surface area contributed by atoms with Crippen LogP contribution in [0, 0.1) is 5.41 Å². The van der Waals surface area contributed by atoms with Gasteiger partial charge in [-0.1, -0.05) is 26.8 Å². The highest BCUT2D eigenvalue weighted by Gasteiger charge is 2.26. The maximum absolute atomic E-state index is 12.0. The molecule has 0 bridgehead atoms. The second-order valence-corrected chi connectivity index (χ2v) is 8.45. The van der Waals surface area contributed by atoms with E-state index in [1.54, 1.807) is 6.07 Å². The van der Waals surface area contributed by atoms with Gasteiger partial charge < -0.3 is 10.6 Å². The number of amides is 2. The Bertz CT molecular complexity index is 487. The molecule has 1 heterocycles. The SMILES string of the molecule is CC(C)(C)CC(C)(C)NC(=O)CCCNC(=O)c1cccs1. The normalized spacial score (nSPS) is 12.0. The molecule has 0 unspecified atom stereocenters. The minimum atomic E-state index is -0.213. The molecule has 5 heteroatoms. The molecule has 1 aromatic heterocycles. The van der Waals surface area contributed by atoms with Crippen molar-refractivity contribution in [2.75, 3.05) is 6.54 Å². The van der Waals surface area contributed by atoms with Crippen molar-refractivity contribution in [2.45, 2.75) is 59.4 Å². The topological polar surface area (TPSA) is 58.2 Å². The lowest BCUT2D eigenvalue weighted by atomic mass is 9.82. The van der Waals surface area contributed by atoms with Crippen LogP contribution in [0.25, 0.3) is 0 Å². The molecule has 124 valence electrons. The third kappa shape index (κ3) is 7.59. The molecule has 0 aliphatic carbocycles. The first kappa shape index (κ1) is 18.7. The second-order valence-electron chi connectivity index (χ2n) is 7.51. The smallest absolute Gasteiger partial charge is 0.261 e. The highest BCUT2D eigenvalue weighted by Crippen LogP contribution is 2.26. The van der Waals surface area contributed by atoms with Crippen LogP contribution in [0.5, 0.6) is 0 Å². The zero-order valence-corrected chi connectivity index (χ0v) is 15.1. The van der Waals surface area contributed by atoms with Gasteiger partial charge >= 0.3 is 0 Å². The summed E-state index contributed by atoms with van der Waals surface area (Å²) in [6, 6.07) is 3.64.